The van der Waals surface area contributed by atoms with E-state index < -0.39 is 5.97 Å². The van der Waals surface area contributed by atoms with Crippen LogP contribution in [-0.2, 0) is 17.8 Å². The van der Waals surface area contributed by atoms with Crippen LogP contribution in [-0.4, -0.2) is 22.2 Å². The number of carboxylic acid groups (broad SMARTS) is 1. The number of benzene rings is 1. The summed E-state index contributed by atoms with van der Waals surface area (Å²) in [5.74, 6) is -0.833. The van der Waals surface area contributed by atoms with Gasteiger partial charge in [0.1, 0.15) is 6.54 Å². The lowest BCUT2D eigenvalue weighted by Gasteiger charge is -1.99. The van der Waals surface area contributed by atoms with Gasteiger partial charge in [-0.3, -0.25) is 4.79 Å². The van der Waals surface area contributed by atoms with E-state index in [-0.39, 0.29) is 6.54 Å². The Morgan fingerprint density at radius 3 is 2.81 bits per heavy atom. The topological polar surface area (TPSA) is 68.2 Å². The smallest absolute Gasteiger partial charge is 0.323 e. The average molecular weight is 218 g/mol. The zero-order chi connectivity index (χ0) is 11.5. The normalized spacial score (nSPS) is 10.8. The number of nitrogens with zero attached hydrogens (tertiary/aromatic N) is 1. The van der Waals surface area contributed by atoms with Gasteiger partial charge in [0, 0.05) is 17.1 Å². The molecule has 0 aliphatic carbocycles. The lowest BCUT2D eigenvalue weighted by Crippen LogP contribution is -2.07. The van der Waals surface area contributed by atoms with E-state index >= 15 is 0 Å². The Bertz CT molecular complexity index is 517. The third-order valence-corrected chi connectivity index (χ3v) is 2.59. The first-order valence-electron chi connectivity index (χ1n) is 5.21. The van der Waals surface area contributed by atoms with Crippen LogP contribution >= 0.6 is 0 Å². The molecule has 3 N–H and O–H groups in total. The molecule has 0 amide bonds. The Hall–Kier alpha value is -1.81. The lowest BCUT2D eigenvalue weighted by atomic mass is 10.1. The van der Waals surface area contributed by atoms with Crippen molar-refractivity contribution in [3.05, 3.63) is 36.0 Å². The minimum absolute atomic E-state index is 0.00884. The van der Waals surface area contributed by atoms with Gasteiger partial charge in [0.2, 0.25) is 0 Å². The summed E-state index contributed by atoms with van der Waals surface area (Å²) in [5.41, 5.74) is 7.60. The van der Waals surface area contributed by atoms with E-state index in [1.165, 1.54) is 0 Å². The summed E-state index contributed by atoms with van der Waals surface area (Å²) in [6, 6.07) is 7.79. The molecule has 1 aromatic heterocycles. The minimum Gasteiger partial charge on any atom is -0.480 e. The predicted molar refractivity (Wildman–Crippen MR) is 62.3 cm³/mol. The SMILES string of the molecule is NCCc1cn(CC(=O)O)c2ccccc12. The van der Waals surface area contributed by atoms with Gasteiger partial charge in [-0.1, -0.05) is 18.2 Å². The molecule has 0 saturated heterocycles. The van der Waals surface area contributed by atoms with E-state index in [4.69, 9.17) is 10.8 Å². The fourth-order valence-corrected chi connectivity index (χ4v) is 1.95. The highest BCUT2D eigenvalue weighted by atomic mass is 16.4. The van der Waals surface area contributed by atoms with Crippen molar-refractivity contribution in [2.45, 2.75) is 13.0 Å². The third kappa shape index (κ3) is 1.92. The monoisotopic (exact) mass is 218 g/mol. The largest absolute Gasteiger partial charge is 0.480 e. The summed E-state index contributed by atoms with van der Waals surface area (Å²) in [7, 11) is 0. The number of rotatable bonds is 4. The molecule has 1 aromatic carbocycles. The highest BCUT2D eigenvalue weighted by molar-refractivity contribution is 5.85. The second-order valence-corrected chi connectivity index (χ2v) is 3.73. The van der Waals surface area contributed by atoms with Gasteiger partial charge in [0.05, 0.1) is 0 Å². The first kappa shape index (κ1) is 10.7. The fourth-order valence-electron chi connectivity index (χ4n) is 1.95. The Balaban J connectivity index is 2.52. The molecule has 0 saturated carbocycles. The Morgan fingerprint density at radius 2 is 2.12 bits per heavy atom. The number of hydrogen-bond acceptors (Lipinski definition) is 2. The predicted octanol–water partition coefficient (Wildman–Crippen LogP) is 1.23. The van der Waals surface area contributed by atoms with E-state index in [0.717, 1.165) is 22.9 Å². The molecular weight excluding hydrogens is 204 g/mol. The minimum atomic E-state index is -0.833. The Labute approximate surface area is 93.3 Å². The first-order chi connectivity index (χ1) is 7.72. The fraction of sp³-hybridized carbons (Fsp3) is 0.250. The van der Waals surface area contributed by atoms with Crippen molar-refractivity contribution in [3.8, 4) is 0 Å². The van der Waals surface area contributed by atoms with Gasteiger partial charge in [-0.15, -0.1) is 0 Å². The van der Waals surface area contributed by atoms with Crippen LogP contribution in [0.3, 0.4) is 0 Å². The van der Waals surface area contributed by atoms with E-state index in [1.54, 1.807) is 4.57 Å². The van der Waals surface area contributed by atoms with Crippen molar-refractivity contribution in [2.24, 2.45) is 5.73 Å². The van der Waals surface area contributed by atoms with Crippen LogP contribution in [0.15, 0.2) is 30.5 Å². The van der Waals surface area contributed by atoms with Gasteiger partial charge < -0.3 is 15.4 Å². The quantitative estimate of drug-likeness (QED) is 0.811. The summed E-state index contributed by atoms with van der Waals surface area (Å²) < 4.78 is 1.75. The van der Waals surface area contributed by atoms with E-state index in [9.17, 15) is 4.79 Å². The maximum atomic E-state index is 10.7. The van der Waals surface area contributed by atoms with Crippen molar-refractivity contribution in [1.82, 2.24) is 4.57 Å². The van der Waals surface area contributed by atoms with Crippen LogP contribution in [0.1, 0.15) is 5.56 Å². The van der Waals surface area contributed by atoms with E-state index in [1.807, 2.05) is 30.5 Å². The molecule has 2 aromatic rings. The highest BCUT2D eigenvalue weighted by Crippen LogP contribution is 2.21. The lowest BCUT2D eigenvalue weighted by molar-refractivity contribution is -0.137. The van der Waals surface area contributed by atoms with Crippen molar-refractivity contribution < 1.29 is 9.90 Å². The molecule has 4 nitrogen and oxygen atoms in total. The van der Waals surface area contributed by atoms with Crippen LogP contribution < -0.4 is 5.73 Å². The molecule has 0 radical (unpaired) electrons. The van der Waals surface area contributed by atoms with Gasteiger partial charge in [0.25, 0.3) is 0 Å². The van der Waals surface area contributed by atoms with Crippen molar-refractivity contribution >= 4 is 16.9 Å². The molecule has 2 rings (SSSR count). The molecule has 0 aliphatic rings. The van der Waals surface area contributed by atoms with Crippen LogP contribution in [0.2, 0.25) is 0 Å². The van der Waals surface area contributed by atoms with Crippen molar-refractivity contribution in [1.29, 1.82) is 0 Å². The molecule has 16 heavy (non-hydrogen) atoms. The molecule has 0 spiro atoms. The van der Waals surface area contributed by atoms with Gasteiger partial charge in [-0.05, 0) is 24.6 Å². The molecule has 0 aliphatic heterocycles. The number of para-hydroxylation sites is 1. The molecule has 0 bridgehead atoms. The van der Waals surface area contributed by atoms with Crippen LogP contribution in [0, 0.1) is 0 Å². The molecular formula is C12H14N2O2. The molecule has 0 fully saturated rings. The summed E-state index contributed by atoms with van der Waals surface area (Å²) in [5, 5.41) is 9.91. The van der Waals surface area contributed by atoms with Crippen molar-refractivity contribution in [2.75, 3.05) is 6.54 Å². The van der Waals surface area contributed by atoms with Crippen LogP contribution in [0.4, 0.5) is 0 Å². The number of aliphatic carboxylic acids is 1. The third-order valence-electron chi connectivity index (χ3n) is 2.59. The Kier molecular flexibility index (Phi) is 2.92. The molecule has 0 atom stereocenters. The Morgan fingerprint density at radius 1 is 1.38 bits per heavy atom. The van der Waals surface area contributed by atoms with Crippen LogP contribution in [0.5, 0.6) is 0 Å². The zero-order valence-electron chi connectivity index (χ0n) is 8.89. The molecule has 0 unspecified atom stereocenters. The number of nitrogens with two attached hydrogens (primary N) is 1. The first-order valence-corrected chi connectivity index (χ1v) is 5.21. The second kappa shape index (κ2) is 4.37. The molecule has 1 heterocycles. The van der Waals surface area contributed by atoms with E-state index in [2.05, 4.69) is 0 Å². The number of aromatic nitrogens is 1. The number of carbonyl (C=O) groups is 1. The highest BCUT2D eigenvalue weighted by Gasteiger charge is 2.09. The molecule has 84 valence electrons. The second-order valence-electron chi connectivity index (χ2n) is 3.73. The maximum Gasteiger partial charge on any atom is 0.323 e. The average Bonchev–Trinajstić information content (AvgIpc) is 2.58. The maximum absolute atomic E-state index is 10.7. The van der Waals surface area contributed by atoms with Gasteiger partial charge >= 0.3 is 5.97 Å². The summed E-state index contributed by atoms with van der Waals surface area (Å²) in [4.78, 5) is 10.7. The number of hydrogen-bond donors (Lipinski definition) is 2. The van der Waals surface area contributed by atoms with Crippen LogP contribution in [0.25, 0.3) is 10.9 Å². The molecule has 4 heteroatoms. The van der Waals surface area contributed by atoms with Gasteiger partial charge in [-0.2, -0.15) is 0 Å². The van der Waals surface area contributed by atoms with E-state index in [0.29, 0.717) is 6.54 Å². The summed E-state index contributed by atoms with van der Waals surface area (Å²) >= 11 is 0. The van der Waals surface area contributed by atoms with Gasteiger partial charge in [-0.25, -0.2) is 0 Å². The summed E-state index contributed by atoms with van der Waals surface area (Å²) in [6.45, 7) is 0.562. The zero-order valence-corrected chi connectivity index (χ0v) is 8.89. The standard InChI is InChI=1S/C12H14N2O2/c13-6-5-9-7-14(8-12(15)16)11-4-2-1-3-10(9)11/h1-4,7H,5-6,8,13H2,(H,15,16). The van der Waals surface area contributed by atoms with Gasteiger partial charge in [0.15, 0.2) is 0 Å². The number of carboxylic acids is 1. The number of fused-ring (bicyclic) bond motifs is 1. The summed E-state index contributed by atoms with van der Waals surface area (Å²) in [6.07, 6.45) is 2.65. The van der Waals surface area contributed by atoms with Crippen molar-refractivity contribution in [3.63, 3.8) is 0 Å².